The molecule has 10 rings (SSSR count). The van der Waals surface area contributed by atoms with Crippen molar-refractivity contribution >= 4 is 57.8 Å². The summed E-state index contributed by atoms with van der Waals surface area (Å²) in [5.41, 5.74) is 5.21. The molecular formula is C52H54ClFN10O7S. The fourth-order valence-electron chi connectivity index (χ4n) is 10.1. The number of halogens is 2. The molecule has 0 spiro atoms. The number of H-pyrrole nitrogens is 2. The van der Waals surface area contributed by atoms with Crippen molar-refractivity contribution in [3.63, 3.8) is 0 Å². The monoisotopic (exact) mass is 1020 g/mol. The second kappa shape index (κ2) is 19.7. The summed E-state index contributed by atoms with van der Waals surface area (Å²) in [6.07, 6.45) is 5.94. The molecule has 72 heavy (non-hydrogen) atoms. The molecule has 0 bridgehead atoms. The lowest BCUT2D eigenvalue weighted by molar-refractivity contribution is -0.136. The average Bonchev–Trinajstić information content (AvgIpc) is 4.24. The third kappa shape index (κ3) is 9.03. The van der Waals surface area contributed by atoms with E-state index >= 15 is 4.39 Å². The van der Waals surface area contributed by atoms with E-state index in [0.29, 0.717) is 70.3 Å². The highest BCUT2D eigenvalue weighted by Crippen LogP contribution is 2.48. The molecule has 0 radical (unpaired) electrons. The predicted molar refractivity (Wildman–Crippen MR) is 270 cm³/mol. The molecule has 4 N–H and O–H groups in total. The molecule has 20 heteroatoms. The van der Waals surface area contributed by atoms with E-state index in [4.69, 9.17) is 40.8 Å². The van der Waals surface area contributed by atoms with Crippen molar-refractivity contribution in [3.05, 3.63) is 107 Å². The van der Waals surface area contributed by atoms with E-state index in [1.54, 1.807) is 34.5 Å². The molecule has 0 aliphatic carbocycles. The minimum atomic E-state index is -0.789. The standard InChI is InChI=1S/C52H54ClFN10O7S/c1-26(2)43(60-51(67)69-5)48(65)62-17-7-9-37(62)45-55-23-34(58-45)29-13-16-36-31(19-29)21-39-42-33(54)20-30(22-40(42)71-50(64(36)39)47-57-25-41(72-47)28-11-14-32(53)15-12-28)35-24-56-46(59-35)38-10-8-18-63(38)49(66)44(27(3)4)61-52(68)70-6/h11-16,19-27,37-38,43-44,50H,7-10,17-18H2,1-6H3,(H,55,58)(H,56,59)(H,60,67)(H,61,68)/t37-,38-,43-,44-,50?/m0/s1. The number of benzene rings is 3. The highest BCUT2D eigenvalue weighted by Gasteiger charge is 2.40. The lowest BCUT2D eigenvalue weighted by Gasteiger charge is -2.30. The number of amides is 4. The molecule has 17 nitrogen and oxygen atoms in total. The van der Waals surface area contributed by atoms with Gasteiger partial charge in [-0.1, -0.05) is 57.5 Å². The van der Waals surface area contributed by atoms with Gasteiger partial charge in [0.2, 0.25) is 18.0 Å². The molecule has 7 heterocycles. The Morgan fingerprint density at radius 3 is 1.89 bits per heavy atom. The fraction of sp³-hybridized carbons (Fsp3) is 0.365. The van der Waals surface area contributed by atoms with Gasteiger partial charge in [-0.3, -0.25) is 14.2 Å². The maximum atomic E-state index is 17.0. The number of hydrogen-bond donors (Lipinski definition) is 4. The normalized spacial score (nSPS) is 18.2. The van der Waals surface area contributed by atoms with Gasteiger partial charge in [0.05, 0.1) is 71.7 Å². The van der Waals surface area contributed by atoms with Crippen LogP contribution < -0.4 is 15.4 Å². The molecule has 0 saturated carbocycles. The number of likely N-dealkylation sites (tertiary alicyclic amines) is 2. The Labute approximate surface area is 423 Å². The number of alkyl carbamates (subject to hydrolysis) is 2. The molecule has 3 aliphatic rings. The summed E-state index contributed by atoms with van der Waals surface area (Å²) < 4.78 is 35.5. The van der Waals surface area contributed by atoms with Crippen LogP contribution in [0.2, 0.25) is 5.02 Å². The molecule has 1 unspecified atom stereocenters. The Bertz CT molecular complexity index is 3200. The highest BCUT2D eigenvalue weighted by molar-refractivity contribution is 7.15. The van der Waals surface area contributed by atoms with Crippen molar-refractivity contribution in [1.82, 2.24) is 49.9 Å². The third-order valence-electron chi connectivity index (χ3n) is 13.8. The number of ether oxygens (including phenoxy) is 3. The van der Waals surface area contributed by atoms with Crippen LogP contribution in [0.15, 0.2) is 79.3 Å². The maximum Gasteiger partial charge on any atom is 0.407 e. The van der Waals surface area contributed by atoms with Gasteiger partial charge >= 0.3 is 12.2 Å². The number of rotatable bonds is 12. The number of nitrogens with one attached hydrogen (secondary N) is 4. The SMILES string of the molecule is COC(=O)N[C@H](C(=O)N1CCC[C@H]1c1ncc(-c2cc(F)c3c(c2)OC(c2ncc(-c4ccc(Cl)cc4)s2)n2c-3cc3cc(-c4cnc([C@@H]5CCCN5C(=O)[C@@H](NC(=O)OC)C(C)C)[nH]4)ccc32)[nH]1)C(C)C. The molecule has 7 aromatic rings. The minimum absolute atomic E-state index is 0.167. The third-order valence-corrected chi connectivity index (χ3v) is 15.1. The summed E-state index contributed by atoms with van der Waals surface area (Å²) in [7, 11) is 2.53. The van der Waals surface area contributed by atoms with E-state index < -0.39 is 36.3 Å². The molecular weight excluding hydrogens is 963 g/mol. The van der Waals surface area contributed by atoms with Crippen LogP contribution in [-0.4, -0.2) is 103 Å². The lowest BCUT2D eigenvalue weighted by Crippen LogP contribution is -2.51. The second-order valence-electron chi connectivity index (χ2n) is 19.0. The smallest absolute Gasteiger partial charge is 0.407 e. The number of aromatic nitrogens is 6. The van der Waals surface area contributed by atoms with Gasteiger partial charge in [0.15, 0.2) is 5.01 Å². The van der Waals surface area contributed by atoms with Gasteiger partial charge in [-0.15, -0.1) is 11.3 Å². The number of carbonyl (C=O) groups excluding carboxylic acids is 4. The number of nitrogens with zero attached hydrogens (tertiary/aromatic N) is 6. The molecule has 5 atom stereocenters. The first-order valence-corrected chi connectivity index (χ1v) is 25.2. The molecule has 2 fully saturated rings. The number of hydrogen-bond acceptors (Lipinski definition) is 11. The van der Waals surface area contributed by atoms with E-state index in [-0.39, 0.29) is 41.3 Å². The Balaban J connectivity index is 0.987. The number of imidazole rings is 2. The Morgan fingerprint density at radius 2 is 1.32 bits per heavy atom. The van der Waals surface area contributed by atoms with Crippen LogP contribution in [0.4, 0.5) is 14.0 Å². The Kier molecular flexibility index (Phi) is 13.3. The van der Waals surface area contributed by atoms with Crippen LogP contribution in [0.1, 0.15) is 88.3 Å². The van der Waals surface area contributed by atoms with Crippen LogP contribution in [0, 0.1) is 17.7 Å². The van der Waals surface area contributed by atoms with Gasteiger partial charge in [-0.2, -0.15) is 0 Å². The van der Waals surface area contributed by atoms with Crippen molar-refractivity contribution in [2.45, 2.75) is 83.8 Å². The predicted octanol–water partition coefficient (Wildman–Crippen LogP) is 10.0. The lowest BCUT2D eigenvalue weighted by atomic mass is 10.0. The summed E-state index contributed by atoms with van der Waals surface area (Å²) in [5.74, 6) is 0.203. The van der Waals surface area contributed by atoms with Crippen LogP contribution in [0.3, 0.4) is 0 Å². The molecule has 374 valence electrons. The van der Waals surface area contributed by atoms with Crippen molar-refractivity contribution in [1.29, 1.82) is 0 Å². The van der Waals surface area contributed by atoms with Crippen LogP contribution in [0.25, 0.3) is 55.1 Å². The topological polar surface area (TPSA) is 202 Å². The van der Waals surface area contributed by atoms with E-state index in [9.17, 15) is 19.2 Å². The number of carbonyl (C=O) groups is 4. The van der Waals surface area contributed by atoms with E-state index in [0.717, 1.165) is 45.4 Å². The van der Waals surface area contributed by atoms with Crippen LogP contribution in [0.5, 0.6) is 5.75 Å². The van der Waals surface area contributed by atoms with E-state index in [2.05, 4.69) is 20.6 Å². The van der Waals surface area contributed by atoms with Crippen molar-refractivity contribution in [2.24, 2.45) is 11.8 Å². The van der Waals surface area contributed by atoms with E-state index in [1.807, 2.05) is 80.8 Å². The van der Waals surface area contributed by atoms with Crippen molar-refractivity contribution < 1.29 is 37.8 Å². The summed E-state index contributed by atoms with van der Waals surface area (Å²) in [6.45, 7) is 8.50. The quantitative estimate of drug-likeness (QED) is 0.0913. The molecule has 3 aliphatic heterocycles. The van der Waals surface area contributed by atoms with Gasteiger partial charge in [0.1, 0.15) is 35.3 Å². The van der Waals surface area contributed by atoms with Crippen LogP contribution >= 0.6 is 22.9 Å². The summed E-state index contributed by atoms with van der Waals surface area (Å²) in [4.78, 5) is 77.6. The van der Waals surface area contributed by atoms with Crippen molar-refractivity contribution in [2.75, 3.05) is 27.3 Å². The largest absolute Gasteiger partial charge is 0.462 e. The van der Waals surface area contributed by atoms with E-state index in [1.165, 1.54) is 31.6 Å². The first kappa shape index (κ1) is 48.4. The number of aromatic amines is 2. The van der Waals surface area contributed by atoms with Gasteiger partial charge in [-0.05, 0) is 85.5 Å². The Morgan fingerprint density at radius 1 is 0.750 bits per heavy atom. The maximum absolute atomic E-state index is 17.0. The first-order chi connectivity index (χ1) is 34.7. The zero-order chi connectivity index (χ0) is 50.5. The van der Waals surface area contributed by atoms with Crippen LogP contribution in [-0.2, 0) is 19.1 Å². The van der Waals surface area contributed by atoms with Gasteiger partial charge < -0.3 is 44.6 Å². The van der Waals surface area contributed by atoms with Gasteiger partial charge in [0.25, 0.3) is 0 Å². The highest BCUT2D eigenvalue weighted by atomic mass is 35.5. The fourth-order valence-corrected chi connectivity index (χ4v) is 11.2. The Hall–Kier alpha value is -7.25. The number of methoxy groups -OCH3 is 2. The average molecular weight is 1020 g/mol. The van der Waals surface area contributed by atoms with Gasteiger partial charge in [0, 0.05) is 40.8 Å². The number of thiazole rings is 1. The first-order valence-electron chi connectivity index (χ1n) is 24.0. The summed E-state index contributed by atoms with van der Waals surface area (Å²) in [5, 5.41) is 7.47. The molecule has 4 aromatic heterocycles. The molecule has 2 saturated heterocycles. The minimum Gasteiger partial charge on any atom is -0.462 e. The second-order valence-corrected chi connectivity index (χ2v) is 20.5. The summed E-state index contributed by atoms with van der Waals surface area (Å²) >= 11 is 7.70. The molecule has 4 amide bonds. The van der Waals surface area contributed by atoms with Crippen molar-refractivity contribution in [3.8, 4) is 50.0 Å². The zero-order valence-electron chi connectivity index (χ0n) is 40.5. The van der Waals surface area contributed by atoms with Gasteiger partial charge in [-0.25, -0.2) is 28.9 Å². The molecule has 3 aromatic carbocycles. The zero-order valence-corrected chi connectivity index (χ0v) is 42.1. The number of fused-ring (bicyclic) bond motifs is 5. The summed E-state index contributed by atoms with van der Waals surface area (Å²) in [6, 6.07) is 16.5.